The quantitative estimate of drug-likeness (QED) is 0.800. The highest BCUT2D eigenvalue weighted by atomic mass is 19.1. The Bertz CT molecular complexity index is 473. The molecule has 1 aromatic rings. The zero-order chi connectivity index (χ0) is 13.3. The zero-order valence-corrected chi connectivity index (χ0v) is 11.2. The largest absolute Gasteiger partial charge is 0.342 e. The van der Waals surface area contributed by atoms with Gasteiger partial charge in [-0.25, -0.2) is 4.39 Å². The molecule has 0 spiro atoms. The Hall–Kier alpha value is -1.38. The van der Waals surface area contributed by atoms with Crippen LogP contribution in [0.3, 0.4) is 0 Å². The van der Waals surface area contributed by atoms with Crippen molar-refractivity contribution in [1.29, 1.82) is 0 Å². The van der Waals surface area contributed by atoms with Gasteiger partial charge in [0.2, 0.25) is 5.91 Å². The molecular formula is C16H20FNO. The van der Waals surface area contributed by atoms with Gasteiger partial charge < -0.3 is 4.90 Å². The minimum absolute atomic E-state index is 0.160. The van der Waals surface area contributed by atoms with Crippen LogP contribution in [-0.4, -0.2) is 23.9 Å². The highest BCUT2D eigenvalue weighted by molar-refractivity contribution is 5.89. The van der Waals surface area contributed by atoms with E-state index in [9.17, 15) is 9.18 Å². The average molecular weight is 261 g/mol. The van der Waals surface area contributed by atoms with Crippen molar-refractivity contribution in [3.05, 3.63) is 35.6 Å². The summed E-state index contributed by atoms with van der Waals surface area (Å²) in [6.45, 7) is 1.68. The van der Waals surface area contributed by atoms with Crippen LogP contribution in [0.25, 0.3) is 0 Å². The molecule has 0 unspecified atom stereocenters. The number of likely N-dealkylation sites (tertiary alicyclic amines) is 1. The van der Waals surface area contributed by atoms with Gasteiger partial charge >= 0.3 is 0 Å². The number of halogens is 1. The van der Waals surface area contributed by atoms with E-state index in [1.165, 1.54) is 6.07 Å². The number of nitrogens with zero attached hydrogens (tertiary/aromatic N) is 1. The molecule has 1 saturated heterocycles. The number of amides is 1. The molecule has 0 radical (unpaired) electrons. The molecular weight excluding hydrogens is 241 g/mol. The summed E-state index contributed by atoms with van der Waals surface area (Å²) in [5.74, 6) is -0.0652. The Morgan fingerprint density at radius 1 is 1.05 bits per heavy atom. The minimum atomic E-state index is -0.588. The van der Waals surface area contributed by atoms with E-state index >= 15 is 0 Å². The predicted molar refractivity (Wildman–Crippen MR) is 72.4 cm³/mol. The maximum absolute atomic E-state index is 14.2. The number of carbonyl (C=O) groups excluding carboxylic acids is 1. The third-order valence-electron chi connectivity index (χ3n) is 4.65. The van der Waals surface area contributed by atoms with Crippen LogP contribution in [0, 0.1) is 5.82 Å². The number of carbonyl (C=O) groups is 1. The number of benzene rings is 1. The minimum Gasteiger partial charge on any atom is -0.342 e. The molecule has 0 aromatic heterocycles. The van der Waals surface area contributed by atoms with E-state index in [2.05, 4.69) is 0 Å². The second-order valence-corrected chi connectivity index (χ2v) is 5.77. The maximum Gasteiger partial charge on any atom is 0.233 e. The summed E-state index contributed by atoms with van der Waals surface area (Å²) < 4.78 is 14.2. The average Bonchev–Trinajstić information content (AvgIpc) is 3.11. The predicted octanol–water partition coefficient (Wildman–Crippen LogP) is 3.26. The third-order valence-corrected chi connectivity index (χ3v) is 4.65. The van der Waals surface area contributed by atoms with E-state index in [0.717, 1.165) is 51.6 Å². The van der Waals surface area contributed by atoms with Gasteiger partial charge in [-0.15, -0.1) is 0 Å². The van der Waals surface area contributed by atoms with Gasteiger partial charge in [0.15, 0.2) is 0 Å². The van der Waals surface area contributed by atoms with Crippen molar-refractivity contribution in [2.75, 3.05) is 13.1 Å². The topological polar surface area (TPSA) is 20.3 Å². The summed E-state index contributed by atoms with van der Waals surface area (Å²) in [4.78, 5) is 14.8. The van der Waals surface area contributed by atoms with Crippen molar-refractivity contribution < 1.29 is 9.18 Å². The lowest BCUT2D eigenvalue weighted by Gasteiger charge is -2.33. The first-order chi connectivity index (χ1) is 9.24. The molecule has 1 amide bonds. The van der Waals surface area contributed by atoms with E-state index in [1.807, 2.05) is 11.0 Å². The van der Waals surface area contributed by atoms with Crippen molar-refractivity contribution in [2.24, 2.45) is 0 Å². The SMILES string of the molecule is O=C(N1CCCC1)C1(c2ccccc2F)CCCC1. The highest BCUT2D eigenvalue weighted by Crippen LogP contribution is 2.44. The van der Waals surface area contributed by atoms with Crippen molar-refractivity contribution in [3.63, 3.8) is 0 Å². The molecule has 0 bridgehead atoms. The second kappa shape index (κ2) is 4.95. The summed E-state index contributed by atoms with van der Waals surface area (Å²) in [6.07, 6.45) is 5.80. The lowest BCUT2D eigenvalue weighted by Crippen LogP contribution is -2.44. The molecule has 0 atom stereocenters. The van der Waals surface area contributed by atoms with Gasteiger partial charge in [0.25, 0.3) is 0 Å². The fraction of sp³-hybridized carbons (Fsp3) is 0.562. The Kier molecular flexibility index (Phi) is 3.29. The van der Waals surface area contributed by atoms with Gasteiger partial charge in [-0.05, 0) is 31.7 Å². The van der Waals surface area contributed by atoms with Crippen LogP contribution >= 0.6 is 0 Å². The fourth-order valence-electron chi connectivity index (χ4n) is 3.65. The van der Waals surface area contributed by atoms with E-state index < -0.39 is 5.41 Å². The molecule has 1 aliphatic carbocycles. The van der Waals surface area contributed by atoms with E-state index in [-0.39, 0.29) is 11.7 Å². The summed E-state index contributed by atoms with van der Waals surface area (Å²) in [6, 6.07) is 6.82. The lowest BCUT2D eigenvalue weighted by atomic mass is 9.77. The summed E-state index contributed by atoms with van der Waals surface area (Å²) in [7, 11) is 0. The van der Waals surface area contributed by atoms with Crippen LogP contribution in [-0.2, 0) is 10.2 Å². The van der Waals surface area contributed by atoms with E-state index in [0.29, 0.717) is 5.56 Å². The Balaban J connectivity index is 1.99. The van der Waals surface area contributed by atoms with Gasteiger partial charge in [-0.1, -0.05) is 31.0 Å². The van der Waals surface area contributed by atoms with Gasteiger partial charge in [-0.3, -0.25) is 4.79 Å². The van der Waals surface area contributed by atoms with Gasteiger partial charge in [0.05, 0.1) is 5.41 Å². The molecule has 2 aliphatic rings. The molecule has 0 N–H and O–H groups in total. The van der Waals surface area contributed by atoms with Gasteiger partial charge in [0.1, 0.15) is 5.82 Å². The lowest BCUT2D eigenvalue weighted by molar-refractivity contribution is -0.136. The van der Waals surface area contributed by atoms with E-state index in [4.69, 9.17) is 0 Å². The number of hydrogen-bond acceptors (Lipinski definition) is 1. The smallest absolute Gasteiger partial charge is 0.233 e. The van der Waals surface area contributed by atoms with Crippen LogP contribution < -0.4 is 0 Å². The molecule has 2 fully saturated rings. The molecule has 102 valence electrons. The first kappa shape index (κ1) is 12.6. The Morgan fingerprint density at radius 2 is 1.68 bits per heavy atom. The van der Waals surface area contributed by atoms with Crippen molar-refractivity contribution in [1.82, 2.24) is 4.90 Å². The van der Waals surface area contributed by atoms with Crippen LogP contribution in [0.1, 0.15) is 44.1 Å². The monoisotopic (exact) mass is 261 g/mol. The van der Waals surface area contributed by atoms with Gasteiger partial charge in [0, 0.05) is 18.7 Å². The molecule has 1 saturated carbocycles. The number of hydrogen-bond donors (Lipinski definition) is 0. The molecule has 1 aliphatic heterocycles. The first-order valence-corrected chi connectivity index (χ1v) is 7.28. The summed E-state index contributed by atoms with van der Waals surface area (Å²) in [5.41, 5.74) is 0.0276. The summed E-state index contributed by atoms with van der Waals surface area (Å²) in [5, 5.41) is 0. The number of rotatable bonds is 2. The standard InChI is InChI=1S/C16H20FNO/c17-14-8-2-1-7-13(14)16(9-3-4-10-16)15(19)18-11-5-6-12-18/h1-2,7-8H,3-6,9-12H2. The van der Waals surface area contributed by atoms with Crippen molar-refractivity contribution >= 4 is 5.91 Å². The zero-order valence-electron chi connectivity index (χ0n) is 11.2. The summed E-state index contributed by atoms with van der Waals surface area (Å²) >= 11 is 0. The molecule has 3 heteroatoms. The third kappa shape index (κ3) is 2.05. The Labute approximate surface area is 113 Å². The highest BCUT2D eigenvalue weighted by Gasteiger charge is 2.46. The van der Waals surface area contributed by atoms with Gasteiger partial charge in [-0.2, -0.15) is 0 Å². The Morgan fingerprint density at radius 3 is 2.32 bits per heavy atom. The van der Waals surface area contributed by atoms with Crippen molar-refractivity contribution in [3.8, 4) is 0 Å². The van der Waals surface area contributed by atoms with E-state index in [1.54, 1.807) is 12.1 Å². The second-order valence-electron chi connectivity index (χ2n) is 5.77. The van der Waals surface area contributed by atoms with Crippen LogP contribution in [0.4, 0.5) is 4.39 Å². The molecule has 2 nitrogen and oxygen atoms in total. The molecule has 1 heterocycles. The van der Waals surface area contributed by atoms with Crippen molar-refractivity contribution in [2.45, 2.75) is 43.9 Å². The normalized spacial score (nSPS) is 21.8. The molecule has 19 heavy (non-hydrogen) atoms. The first-order valence-electron chi connectivity index (χ1n) is 7.28. The van der Waals surface area contributed by atoms with Crippen LogP contribution in [0.2, 0.25) is 0 Å². The maximum atomic E-state index is 14.2. The van der Waals surface area contributed by atoms with Crippen LogP contribution in [0.15, 0.2) is 24.3 Å². The van der Waals surface area contributed by atoms with Crippen LogP contribution in [0.5, 0.6) is 0 Å². The fourth-order valence-corrected chi connectivity index (χ4v) is 3.65. The molecule has 1 aromatic carbocycles. The molecule has 3 rings (SSSR count).